The van der Waals surface area contributed by atoms with Crippen LogP contribution in [0.3, 0.4) is 0 Å². The SMILES string of the molecule is COc1cccc(S(=O)(=O)NC2(CC(=O)O)CCOC2)c1F. The van der Waals surface area contributed by atoms with Crippen LogP contribution in [0.15, 0.2) is 23.1 Å². The summed E-state index contributed by atoms with van der Waals surface area (Å²) in [5, 5.41) is 8.96. The van der Waals surface area contributed by atoms with Crippen LogP contribution >= 0.6 is 0 Å². The molecule has 22 heavy (non-hydrogen) atoms. The first-order chi connectivity index (χ1) is 10.3. The zero-order valence-corrected chi connectivity index (χ0v) is 12.7. The number of nitrogens with one attached hydrogen (secondary N) is 1. The Hall–Kier alpha value is -1.71. The van der Waals surface area contributed by atoms with E-state index >= 15 is 0 Å². The second kappa shape index (κ2) is 6.19. The van der Waals surface area contributed by atoms with Crippen molar-refractivity contribution < 1.29 is 32.2 Å². The summed E-state index contributed by atoms with van der Waals surface area (Å²) < 4.78 is 51.1. The van der Waals surface area contributed by atoms with Gasteiger partial charge >= 0.3 is 5.97 Å². The maximum absolute atomic E-state index is 14.1. The lowest BCUT2D eigenvalue weighted by Gasteiger charge is -2.26. The van der Waals surface area contributed by atoms with Gasteiger partial charge in [0.05, 0.1) is 25.7 Å². The van der Waals surface area contributed by atoms with E-state index in [-0.39, 0.29) is 25.4 Å². The first-order valence-electron chi connectivity index (χ1n) is 6.46. The van der Waals surface area contributed by atoms with E-state index in [4.69, 9.17) is 14.6 Å². The highest BCUT2D eigenvalue weighted by atomic mass is 32.2. The summed E-state index contributed by atoms with van der Waals surface area (Å²) in [6, 6.07) is 3.72. The number of carbonyl (C=O) groups is 1. The predicted molar refractivity (Wildman–Crippen MR) is 73.7 cm³/mol. The monoisotopic (exact) mass is 333 g/mol. The zero-order chi connectivity index (χ0) is 16.4. The van der Waals surface area contributed by atoms with Crippen LogP contribution in [0.25, 0.3) is 0 Å². The van der Waals surface area contributed by atoms with E-state index < -0.39 is 38.7 Å². The maximum atomic E-state index is 14.1. The number of methoxy groups -OCH3 is 1. The molecule has 1 aliphatic rings. The van der Waals surface area contributed by atoms with Crippen LogP contribution in [0.2, 0.25) is 0 Å². The second-order valence-electron chi connectivity index (χ2n) is 5.03. The zero-order valence-electron chi connectivity index (χ0n) is 11.8. The molecule has 1 unspecified atom stereocenters. The summed E-state index contributed by atoms with van der Waals surface area (Å²) >= 11 is 0. The van der Waals surface area contributed by atoms with Crippen molar-refractivity contribution in [1.82, 2.24) is 4.72 Å². The van der Waals surface area contributed by atoms with Gasteiger partial charge in [-0.2, -0.15) is 0 Å². The van der Waals surface area contributed by atoms with E-state index in [0.29, 0.717) is 0 Å². The van der Waals surface area contributed by atoms with Gasteiger partial charge in [-0.05, 0) is 18.6 Å². The van der Waals surface area contributed by atoms with Gasteiger partial charge in [-0.3, -0.25) is 4.79 Å². The summed E-state index contributed by atoms with van der Waals surface area (Å²) in [7, 11) is -3.04. The summed E-state index contributed by atoms with van der Waals surface area (Å²) in [5.41, 5.74) is -1.28. The van der Waals surface area contributed by atoms with Gasteiger partial charge in [-0.1, -0.05) is 6.07 Å². The lowest BCUT2D eigenvalue weighted by atomic mass is 9.96. The Labute approximate surface area is 127 Å². The van der Waals surface area contributed by atoms with Crippen LogP contribution in [-0.2, 0) is 19.6 Å². The fraction of sp³-hybridized carbons (Fsp3) is 0.462. The summed E-state index contributed by atoms with van der Waals surface area (Å²) in [6.07, 6.45) is -0.248. The molecule has 2 rings (SSSR count). The highest BCUT2D eigenvalue weighted by Gasteiger charge is 2.41. The van der Waals surface area contributed by atoms with Gasteiger partial charge in [0.1, 0.15) is 4.90 Å². The molecule has 1 aromatic carbocycles. The molecule has 1 saturated heterocycles. The number of hydrogen-bond donors (Lipinski definition) is 2. The second-order valence-corrected chi connectivity index (χ2v) is 6.68. The number of halogens is 1. The smallest absolute Gasteiger partial charge is 0.305 e. The molecule has 1 atom stereocenters. The largest absolute Gasteiger partial charge is 0.494 e. The third-order valence-electron chi connectivity index (χ3n) is 3.38. The first kappa shape index (κ1) is 16.7. The summed E-state index contributed by atoms with van der Waals surface area (Å²) in [5.74, 6) is -2.40. The molecule has 2 N–H and O–H groups in total. The van der Waals surface area contributed by atoms with Crippen molar-refractivity contribution in [2.45, 2.75) is 23.3 Å². The number of aliphatic carboxylic acids is 1. The average Bonchev–Trinajstić information content (AvgIpc) is 2.85. The quantitative estimate of drug-likeness (QED) is 0.796. The number of ether oxygens (including phenoxy) is 2. The lowest BCUT2D eigenvalue weighted by molar-refractivity contribution is -0.138. The molecular weight excluding hydrogens is 317 g/mol. The average molecular weight is 333 g/mol. The van der Waals surface area contributed by atoms with Crippen molar-refractivity contribution in [3.63, 3.8) is 0 Å². The van der Waals surface area contributed by atoms with Crippen LogP contribution in [0.1, 0.15) is 12.8 Å². The molecule has 0 amide bonds. The highest BCUT2D eigenvalue weighted by molar-refractivity contribution is 7.89. The molecular formula is C13H16FNO6S. The molecule has 0 saturated carbocycles. The minimum absolute atomic E-state index is 0.0792. The Bertz CT molecular complexity index is 669. The highest BCUT2D eigenvalue weighted by Crippen LogP contribution is 2.28. The van der Waals surface area contributed by atoms with E-state index in [2.05, 4.69) is 4.72 Å². The molecule has 0 bridgehead atoms. The number of hydrogen-bond acceptors (Lipinski definition) is 5. The van der Waals surface area contributed by atoms with Crippen molar-refractivity contribution in [2.75, 3.05) is 20.3 Å². The van der Waals surface area contributed by atoms with Crippen molar-refractivity contribution in [3.05, 3.63) is 24.0 Å². The summed E-state index contributed by atoms with van der Waals surface area (Å²) in [6.45, 7) is 0.153. The number of sulfonamides is 1. The Morgan fingerprint density at radius 1 is 1.55 bits per heavy atom. The first-order valence-corrected chi connectivity index (χ1v) is 7.94. The normalized spacial score (nSPS) is 21.7. The third-order valence-corrected chi connectivity index (χ3v) is 4.98. The van der Waals surface area contributed by atoms with Crippen LogP contribution < -0.4 is 9.46 Å². The topological polar surface area (TPSA) is 102 Å². The van der Waals surface area contributed by atoms with E-state index in [1.54, 1.807) is 0 Å². The molecule has 122 valence electrons. The number of benzene rings is 1. The number of carboxylic acid groups (broad SMARTS) is 1. The predicted octanol–water partition coefficient (Wildman–Crippen LogP) is 0.746. The van der Waals surface area contributed by atoms with E-state index in [9.17, 15) is 17.6 Å². The van der Waals surface area contributed by atoms with E-state index in [0.717, 1.165) is 6.07 Å². The summed E-state index contributed by atoms with van der Waals surface area (Å²) in [4.78, 5) is 10.4. The molecule has 0 aliphatic carbocycles. The molecule has 0 radical (unpaired) electrons. The van der Waals surface area contributed by atoms with Gasteiger partial charge in [0.25, 0.3) is 0 Å². The Kier molecular flexibility index (Phi) is 4.69. The Morgan fingerprint density at radius 2 is 2.27 bits per heavy atom. The standard InChI is InChI=1S/C13H16FNO6S/c1-20-9-3-2-4-10(12(9)14)22(18,19)15-13(7-11(16)17)5-6-21-8-13/h2-4,15H,5-8H2,1H3,(H,16,17). The molecule has 1 fully saturated rings. The van der Waals surface area contributed by atoms with Crippen LogP contribution in [0.4, 0.5) is 4.39 Å². The minimum Gasteiger partial charge on any atom is -0.494 e. The van der Waals surface area contributed by atoms with E-state index in [1.807, 2.05) is 0 Å². The maximum Gasteiger partial charge on any atom is 0.305 e. The van der Waals surface area contributed by atoms with Crippen molar-refractivity contribution in [1.29, 1.82) is 0 Å². The molecule has 1 aliphatic heterocycles. The third kappa shape index (κ3) is 3.37. The Morgan fingerprint density at radius 3 is 2.82 bits per heavy atom. The number of carboxylic acids is 1. The van der Waals surface area contributed by atoms with Crippen molar-refractivity contribution >= 4 is 16.0 Å². The van der Waals surface area contributed by atoms with Crippen LogP contribution in [0.5, 0.6) is 5.75 Å². The van der Waals surface area contributed by atoms with Gasteiger partial charge in [-0.15, -0.1) is 0 Å². The van der Waals surface area contributed by atoms with Gasteiger partial charge < -0.3 is 14.6 Å². The van der Waals surface area contributed by atoms with Gasteiger partial charge in [-0.25, -0.2) is 17.5 Å². The van der Waals surface area contributed by atoms with Crippen molar-refractivity contribution in [3.8, 4) is 5.75 Å². The fourth-order valence-corrected chi connectivity index (χ4v) is 3.86. The van der Waals surface area contributed by atoms with Crippen LogP contribution in [0, 0.1) is 5.82 Å². The van der Waals surface area contributed by atoms with Gasteiger partial charge in [0.2, 0.25) is 10.0 Å². The molecule has 0 spiro atoms. The lowest BCUT2D eigenvalue weighted by Crippen LogP contribution is -2.50. The molecule has 9 heteroatoms. The van der Waals surface area contributed by atoms with Crippen LogP contribution in [-0.4, -0.2) is 45.4 Å². The number of rotatable bonds is 6. The van der Waals surface area contributed by atoms with E-state index in [1.165, 1.54) is 19.2 Å². The van der Waals surface area contributed by atoms with Gasteiger partial charge in [0.15, 0.2) is 11.6 Å². The Balaban J connectivity index is 2.36. The molecule has 1 aromatic rings. The van der Waals surface area contributed by atoms with Gasteiger partial charge in [0, 0.05) is 6.61 Å². The van der Waals surface area contributed by atoms with Crippen molar-refractivity contribution in [2.24, 2.45) is 0 Å². The molecule has 7 nitrogen and oxygen atoms in total. The molecule has 0 aromatic heterocycles. The molecule has 1 heterocycles. The fourth-order valence-electron chi connectivity index (χ4n) is 2.35. The minimum atomic E-state index is -4.26.